The van der Waals surface area contributed by atoms with Crippen LogP contribution in [0, 0.1) is 5.92 Å². The van der Waals surface area contributed by atoms with E-state index in [0.29, 0.717) is 35.1 Å². The lowest BCUT2D eigenvalue weighted by atomic mass is 10.1. The Balaban J connectivity index is 2.29. The van der Waals surface area contributed by atoms with Crippen LogP contribution >= 0.6 is 15.9 Å². The number of halogens is 1. The lowest BCUT2D eigenvalue weighted by molar-refractivity contribution is 0.0920. The molecule has 150 valence electrons. The summed E-state index contributed by atoms with van der Waals surface area (Å²) in [5.41, 5.74) is 0.881. The maximum atomic E-state index is 12.9. The Labute approximate surface area is 175 Å². The largest absolute Gasteiger partial charge is 0.492 e. The Morgan fingerprint density at radius 2 is 1.71 bits per heavy atom. The molecule has 0 atom stereocenters. The van der Waals surface area contributed by atoms with Gasteiger partial charge in [-0.15, -0.1) is 0 Å². The lowest BCUT2D eigenvalue weighted by Gasteiger charge is -2.21. The number of para-hydroxylation sites is 1. The molecule has 2 aromatic rings. The fourth-order valence-corrected chi connectivity index (χ4v) is 2.81. The highest BCUT2D eigenvalue weighted by atomic mass is 79.9. The van der Waals surface area contributed by atoms with Crippen LogP contribution in [0.4, 0.5) is 5.69 Å². The van der Waals surface area contributed by atoms with Crippen molar-refractivity contribution in [2.45, 2.75) is 40.2 Å². The van der Waals surface area contributed by atoms with E-state index in [1.807, 2.05) is 40.7 Å². The number of carbonyl (C=O) groups excluding carboxylic acids is 2. The van der Waals surface area contributed by atoms with Crippen LogP contribution < -0.4 is 15.4 Å². The predicted octanol–water partition coefficient (Wildman–Crippen LogP) is 5.26. The first kappa shape index (κ1) is 22.0. The molecule has 2 amide bonds. The highest BCUT2D eigenvalue weighted by Crippen LogP contribution is 2.26. The molecular weight excluding hydrogens is 420 g/mol. The SMILES string of the molecule is CC(C)COc1ccc(Br)cc1C(=O)Nc1ccccc1C(=O)NC(C)(C)C. The lowest BCUT2D eigenvalue weighted by Crippen LogP contribution is -2.40. The summed E-state index contributed by atoms with van der Waals surface area (Å²) in [4.78, 5) is 25.6. The molecule has 28 heavy (non-hydrogen) atoms. The number of benzene rings is 2. The Bertz CT molecular complexity index is 857. The number of amides is 2. The first-order valence-corrected chi connectivity index (χ1v) is 10.0. The number of anilines is 1. The van der Waals surface area contributed by atoms with Gasteiger partial charge in [-0.1, -0.05) is 41.9 Å². The van der Waals surface area contributed by atoms with Crippen LogP contribution in [0.15, 0.2) is 46.9 Å². The fraction of sp³-hybridized carbons (Fsp3) is 0.364. The molecule has 0 bridgehead atoms. The first-order chi connectivity index (χ1) is 13.1. The van der Waals surface area contributed by atoms with Gasteiger partial charge in [-0.2, -0.15) is 0 Å². The molecule has 0 fully saturated rings. The van der Waals surface area contributed by atoms with Crippen molar-refractivity contribution in [3.63, 3.8) is 0 Å². The second kappa shape index (κ2) is 9.24. The number of rotatable bonds is 6. The van der Waals surface area contributed by atoms with Crippen molar-refractivity contribution in [3.05, 3.63) is 58.1 Å². The molecule has 0 heterocycles. The third-order valence-electron chi connectivity index (χ3n) is 3.67. The summed E-state index contributed by atoms with van der Waals surface area (Å²) in [6.07, 6.45) is 0. The highest BCUT2D eigenvalue weighted by Gasteiger charge is 2.20. The molecule has 0 spiro atoms. The zero-order valence-corrected chi connectivity index (χ0v) is 18.5. The third kappa shape index (κ3) is 6.37. The molecule has 0 saturated carbocycles. The molecule has 0 aliphatic heterocycles. The monoisotopic (exact) mass is 446 g/mol. The summed E-state index contributed by atoms with van der Waals surface area (Å²) >= 11 is 3.40. The molecule has 2 N–H and O–H groups in total. The first-order valence-electron chi connectivity index (χ1n) is 9.22. The maximum Gasteiger partial charge on any atom is 0.259 e. The molecule has 0 unspecified atom stereocenters. The molecule has 0 aliphatic rings. The van der Waals surface area contributed by atoms with E-state index in [0.717, 1.165) is 4.47 Å². The van der Waals surface area contributed by atoms with Gasteiger partial charge in [0.1, 0.15) is 5.75 Å². The quantitative estimate of drug-likeness (QED) is 0.635. The summed E-state index contributed by atoms with van der Waals surface area (Å²) in [6.45, 7) is 10.3. The standard InChI is InChI=1S/C22H27BrN2O3/c1-14(2)13-28-19-11-10-15(23)12-17(19)20(26)24-18-9-7-6-8-16(18)21(27)25-22(3,4)5/h6-12,14H,13H2,1-5H3,(H,24,26)(H,25,27). The van der Waals surface area contributed by atoms with Crippen molar-refractivity contribution in [3.8, 4) is 5.75 Å². The van der Waals surface area contributed by atoms with Crippen molar-refractivity contribution < 1.29 is 14.3 Å². The van der Waals surface area contributed by atoms with Gasteiger partial charge >= 0.3 is 0 Å². The van der Waals surface area contributed by atoms with Crippen LogP contribution in [0.1, 0.15) is 55.3 Å². The number of ether oxygens (including phenoxy) is 1. The number of hydrogen-bond acceptors (Lipinski definition) is 3. The minimum atomic E-state index is -0.379. The molecule has 2 rings (SSSR count). The second-order valence-electron chi connectivity index (χ2n) is 8.05. The van der Waals surface area contributed by atoms with Crippen LogP contribution in [-0.4, -0.2) is 24.0 Å². The van der Waals surface area contributed by atoms with Crippen molar-refractivity contribution in [1.82, 2.24) is 5.32 Å². The molecule has 0 aromatic heterocycles. The molecule has 0 saturated heterocycles. The van der Waals surface area contributed by atoms with Gasteiger partial charge in [-0.25, -0.2) is 0 Å². The van der Waals surface area contributed by atoms with Gasteiger partial charge in [0.25, 0.3) is 11.8 Å². The predicted molar refractivity (Wildman–Crippen MR) is 116 cm³/mol. The van der Waals surface area contributed by atoms with Gasteiger partial charge in [0.2, 0.25) is 0 Å². The van der Waals surface area contributed by atoms with Gasteiger partial charge in [-0.05, 0) is 57.0 Å². The molecule has 0 radical (unpaired) electrons. The minimum absolute atomic E-state index is 0.242. The van der Waals surface area contributed by atoms with Crippen LogP contribution in [0.2, 0.25) is 0 Å². The van der Waals surface area contributed by atoms with Crippen molar-refractivity contribution in [2.75, 3.05) is 11.9 Å². The second-order valence-corrected chi connectivity index (χ2v) is 8.96. The Hall–Kier alpha value is -2.34. The molecule has 5 nitrogen and oxygen atoms in total. The van der Waals surface area contributed by atoms with E-state index in [9.17, 15) is 9.59 Å². The number of carbonyl (C=O) groups is 2. The summed E-state index contributed by atoms with van der Waals surface area (Å²) in [7, 11) is 0. The minimum Gasteiger partial charge on any atom is -0.492 e. The number of hydrogen-bond donors (Lipinski definition) is 2. The number of nitrogens with one attached hydrogen (secondary N) is 2. The van der Waals surface area contributed by atoms with E-state index < -0.39 is 0 Å². The van der Waals surface area contributed by atoms with E-state index in [1.54, 1.807) is 36.4 Å². The smallest absolute Gasteiger partial charge is 0.259 e. The van der Waals surface area contributed by atoms with Crippen molar-refractivity contribution in [2.24, 2.45) is 5.92 Å². The summed E-state index contributed by atoms with van der Waals surface area (Å²) in [5.74, 6) is 0.261. The third-order valence-corrected chi connectivity index (χ3v) is 4.16. The van der Waals surface area contributed by atoms with Crippen LogP contribution in [0.25, 0.3) is 0 Å². The normalized spacial score (nSPS) is 11.2. The summed E-state index contributed by atoms with van der Waals surface area (Å²) in [5, 5.41) is 5.77. The van der Waals surface area contributed by atoms with Gasteiger partial charge in [0.05, 0.1) is 23.4 Å². The van der Waals surface area contributed by atoms with Gasteiger partial charge in [0, 0.05) is 10.0 Å². The molecular formula is C22H27BrN2O3. The highest BCUT2D eigenvalue weighted by molar-refractivity contribution is 9.10. The van der Waals surface area contributed by atoms with Gasteiger partial charge < -0.3 is 15.4 Å². The Kier molecular flexibility index (Phi) is 7.24. The molecule has 6 heteroatoms. The van der Waals surface area contributed by atoms with Crippen LogP contribution in [-0.2, 0) is 0 Å². The topological polar surface area (TPSA) is 67.4 Å². The maximum absolute atomic E-state index is 12.9. The zero-order valence-electron chi connectivity index (χ0n) is 16.9. The Morgan fingerprint density at radius 1 is 1.04 bits per heavy atom. The van der Waals surface area contributed by atoms with E-state index in [2.05, 4.69) is 26.6 Å². The average Bonchev–Trinajstić information content (AvgIpc) is 2.59. The van der Waals surface area contributed by atoms with Crippen molar-refractivity contribution >= 4 is 33.4 Å². The average molecular weight is 447 g/mol. The summed E-state index contributed by atoms with van der Waals surface area (Å²) in [6, 6.07) is 12.2. The zero-order chi connectivity index (χ0) is 20.9. The van der Waals surface area contributed by atoms with Crippen molar-refractivity contribution in [1.29, 1.82) is 0 Å². The van der Waals surface area contributed by atoms with E-state index in [1.165, 1.54) is 0 Å². The molecule has 2 aromatic carbocycles. The van der Waals surface area contributed by atoms with E-state index >= 15 is 0 Å². The summed E-state index contributed by atoms with van der Waals surface area (Å²) < 4.78 is 6.57. The van der Waals surface area contributed by atoms with Gasteiger partial charge in [-0.3, -0.25) is 9.59 Å². The Morgan fingerprint density at radius 3 is 2.36 bits per heavy atom. The van der Waals surface area contributed by atoms with Crippen LogP contribution in [0.3, 0.4) is 0 Å². The van der Waals surface area contributed by atoms with E-state index in [4.69, 9.17) is 4.74 Å². The fourth-order valence-electron chi connectivity index (χ4n) is 2.45. The van der Waals surface area contributed by atoms with E-state index in [-0.39, 0.29) is 17.4 Å². The van der Waals surface area contributed by atoms with Gasteiger partial charge in [0.15, 0.2) is 0 Å². The molecule has 0 aliphatic carbocycles. The van der Waals surface area contributed by atoms with Crippen LogP contribution in [0.5, 0.6) is 5.75 Å².